The van der Waals surface area contributed by atoms with Gasteiger partial charge in [0, 0.05) is 24.7 Å². The molecule has 0 unspecified atom stereocenters. The van der Waals surface area contributed by atoms with Gasteiger partial charge in [0.25, 0.3) is 0 Å². The molecule has 0 spiro atoms. The van der Waals surface area contributed by atoms with E-state index in [0.717, 1.165) is 18.2 Å². The topological polar surface area (TPSA) is 64.8 Å². The number of hydrogen-bond acceptors (Lipinski definition) is 5. The number of anilines is 2. The van der Waals surface area contributed by atoms with E-state index in [-0.39, 0.29) is 11.6 Å². The van der Waals surface area contributed by atoms with Crippen LogP contribution < -0.4 is 10.2 Å². The summed E-state index contributed by atoms with van der Waals surface area (Å²) in [5.74, 6) is -0.508. The molecule has 1 aromatic heterocycles. The van der Waals surface area contributed by atoms with Gasteiger partial charge >= 0.3 is 0 Å². The van der Waals surface area contributed by atoms with E-state index in [1.54, 1.807) is 18.2 Å². The number of benzene rings is 2. The van der Waals surface area contributed by atoms with Gasteiger partial charge < -0.3 is 10.2 Å². The van der Waals surface area contributed by atoms with E-state index in [0.29, 0.717) is 54.2 Å². The molecule has 0 saturated carbocycles. The van der Waals surface area contributed by atoms with Crippen molar-refractivity contribution in [1.82, 2.24) is 9.97 Å². The lowest BCUT2D eigenvalue weighted by molar-refractivity contribution is 0.193. The van der Waals surface area contributed by atoms with Gasteiger partial charge in [0.15, 0.2) is 11.6 Å². The van der Waals surface area contributed by atoms with Gasteiger partial charge in [-0.3, -0.25) is 0 Å². The van der Waals surface area contributed by atoms with Crippen LogP contribution in [0.4, 0.5) is 24.8 Å². The number of aromatic nitrogens is 2. The fraction of sp³-hybridized carbons (Fsp3) is 0.375. The van der Waals surface area contributed by atoms with Crippen molar-refractivity contribution in [2.45, 2.75) is 38.9 Å². The molecule has 32 heavy (non-hydrogen) atoms. The van der Waals surface area contributed by atoms with Crippen LogP contribution in [0, 0.1) is 28.9 Å². The largest absolute Gasteiger partial charge is 0.365 e. The molecule has 1 aliphatic heterocycles. The van der Waals surface area contributed by atoms with Crippen LogP contribution >= 0.6 is 0 Å². The van der Waals surface area contributed by atoms with E-state index < -0.39 is 23.7 Å². The number of nitrogens with one attached hydrogen (secondary N) is 1. The first-order valence-electron chi connectivity index (χ1n) is 10.7. The second kappa shape index (κ2) is 9.03. The molecule has 2 aromatic carbocycles. The lowest BCUT2D eigenvalue weighted by Gasteiger charge is -2.35. The third kappa shape index (κ3) is 4.47. The monoisotopic (exact) mass is 439 g/mol. The van der Waals surface area contributed by atoms with Crippen molar-refractivity contribution in [3.63, 3.8) is 0 Å². The van der Waals surface area contributed by atoms with Crippen LogP contribution in [-0.4, -0.2) is 29.1 Å². The summed E-state index contributed by atoms with van der Waals surface area (Å²) in [4.78, 5) is 11.5. The Kier molecular flexibility index (Phi) is 6.17. The molecule has 1 N–H and O–H groups in total. The quantitative estimate of drug-likeness (QED) is 0.567. The highest BCUT2D eigenvalue weighted by molar-refractivity contribution is 5.82. The minimum absolute atomic E-state index is 0.127. The zero-order valence-corrected chi connectivity index (χ0v) is 17.9. The summed E-state index contributed by atoms with van der Waals surface area (Å²) in [6.07, 6.45) is -0.631. The predicted molar refractivity (Wildman–Crippen MR) is 118 cm³/mol. The predicted octanol–water partition coefficient (Wildman–Crippen LogP) is 5.53. The summed E-state index contributed by atoms with van der Waals surface area (Å²) < 4.78 is 42.6. The van der Waals surface area contributed by atoms with Crippen molar-refractivity contribution < 1.29 is 13.2 Å². The zero-order chi connectivity index (χ0) is 22.8. The van der Waals surface area contributed by atoms with E-state index >= 15 is 4.39 Å². The zero-order valence-electron chi connectivity index (χ0n) is 17.9. The number of piperidine rings is 1. The normalized spacial score (nSPS) is 15.7. The van der Waals surface area contributed by atoms with Gasteiger partial charge in [-0.25, -0.2) is 23.1 Å². The maximum absolute atomic E-state index is 15.0. The Balaban J connectivity index is 1.58. The van der Waals surface area contributed by atoms with Crippen molar-refractivity contribution in [2.24, 2.45) is 5.92 Å². The van der Waals surface area contributed by atoms with Crippen molar-refractivity contribution in [2.75, 3.05) is 23.3 Å². The molecule has 1 fully saturated rings. The molecule has 5 nitrogen and oxygen atoms in total. The molecular weight excluding hydrogens is 415 g/mol. The molecule has 166 valence electrons. The highest BCUT2D eigenvalue weighted by Crippen LogP contribution is 2.37. The minimum atomic E-state index is -1.57. The fourth-order valence-electron chi connectivity index (χ4n) is 4.09. The van der Waals surface area contributed by atoms with E-state index in [2.05, 4.69) is 11.4 Å². The smallest absolute Gasteiger partial charge is 0.172 e. The van der Waals surface area contributed by atoms with Crippen LogP contribution in [0.3, 0.4) is 0 Å². The summed E-state index contributed by atoms with van der Waals surface area (Å²) in [5, 5.41) is 12.5. The van der Waals surface area contributed by atoms with Crippen LogP contribution in [0.25, 0.3) is 11.0 Å². The minimum Gasteiger partial charge on any atom is -0.365 e. The van der Waals surface area contributed by atoms with Crippen LogP contribution in [0.2, 0.25) is 0 Å². The maximum Gasteiger partial charge on any atom is 0.172 e. The molecule has 0 bridgehead atoms. The number of rotatable bonds is 5. The van der Waals surface area contributed by atoms with Gasteiger partial charge in [-0.15, -0.1) is 0 Å². The number of hydrogen-bond donors (Lipinski definition) is 1. The first-order valence-corrected chi connectivity index (χ1v) is 10.7. The number of nitriles is 1. The molecule has 1 atom stereocenters. The summed E-state index contributed by atoms with van der Waals surface area (Å²) in [7, 11) is 0. The molecule has 8 heteroatoms. The van der Waals surface area contributed by atoms with Crippen molar-refractivity contribution in [1.29, 1.82) is 5.26 Å². The average molecular weight is 439 g/mol. The van der Waals surface area contributed by atoms with Gasteiger partial charge in [0.2, 0.25) is 0 Å². The van der Waals surface area contributed by atoms with Crippen molar-refractivity contribution in [3.05, 3.63) is 59.2 Å². The summed E-state index contributed by atoms with van der Waals surface area (Å²) in [6.45, 7) is 5.02. The van der Waals surface area contributed by atoms with Gasteiger partial charge in [-0.05, 0) is 69.0 Å². The molecule has 2 heterocycles. The van der Waals surface area contributed by atoms with Gasteiger partial charge in [-0.2, -0.15) is 5.26 Å². The van der Waals surface area contributed by atoms with Crippen LogP contribution in [0.5, 0.6) is 0 Å². The molecular formula is C24H24F3N5. The molecule has 0 aliphatic carbocycles. The molecule has 0 radical (unpaired) electrons. The van der Waals surface area contributed by atoms with E-state index in [1.807, 2.05) is 18.7 Å². The average Bonchev–Trinajstić information content (AvgIpc) is 2.79. The first-order chi connectivity index (χ1) is 15.4. The second-order valence-electron chi connectivity index (χ2n) is 8.40. The van der Waals surface area contributed by atoms with Crippen molar-refractivity contribution in [3.8, 4) is 6.07 Å². The maximum atomic E-state index is 15.0. The molecule has 1 aliphatic rings. The van der Waals surface area contributed by atoms with Gasteiger partial charge in [-0.1, -0.05) is 0 Å². The van der Waals surface area contributed by atoms with E-state index in [1.165, 1.54) is 0 Å². The Morgan fingerprint density at radius 2 is 1.81 bits per heavy atom. The van der Waals surface area contributed by atoms with E-state index in [9.17, 15) is 14.0 Å². The Bertz CT molecular complexity index is 1170. The van der Waals surface area contributed by atoms with Crippen LogP contribution in [-0.2, 0) is 0 Å². The molecule has 1 saturated heterocycles. The van der Waals surface area contributed by atoms with Crippen LogP contribution in [0.15, 0.2) is 36.4 Å². The molecule has 4 rings (SSSR count). The SMILES string of the molecule is CC(C)Nc1nc2ccc(C#N)cc2nc1N1CCC([C@@H](F)c2cc(F)ccc2F)CC1. The standard InChI is InChI=1S/C24H24F3N5/c1-14(2)29-23-24(31-21-11-15(13-28)3-6-20(21)30-23)32-9-7-16(8-10-32)22(27)18-12-17(25)4-5-19(18)26/h3-6,11-12,14,16,22H,7-10H2,1-2H3,(H,29,30)/t22-/m1/s1. The Hall–Kier alpha value is -3.34. The highest BCUT2D eigenvalue weighted by Gasteiger charge is 2.31. The van der Waals surface area contributed by atoms with E-state index in [4.69, 9.17) is 9.97 Å². The third-order valence-electron chi connectivity index (χ3n) is 5.71. The Morgan fingerprint density at radius 1 is 1.06 bits per heavy atom. The third-order valence-corrected chi connectivity index (χ3v) is 5.71. The summed E-state index contributed by atoms with van der Waals surface area (Å²) >= 11 is 0. The summed E-state index contributed by atoms with van der Waals surface area (Å²) in [6, 6.07) is 10.3. The number of fused-ring (bicyclic) bond motifs is 1. The number of nitrogens with zero attached hydrogens (tertiary/aromatic N) is 4. The summed E-state index contributed by atoms with van der Waals surface area (Å²) in [5.41, 5.74) is 1.57. The Morgan fingerprint density at radius 3 is 2.50 bits per heavy atom. The first kappa shape index (κ1) is 21.9. The molecule has 0 amide bonds. The van der Waals surface area contributed by atoms with Crippen molar-refractivity contribution >= 4 is 22.7 Å². The van der Waals surface area contributed by atoms with Gasteiger partial charge in [0.05, 0.1) is 22.7 Å². The second-order valence-corrected chi connectivity index (χ2v) is 8.40. The highest BCUT2D eigenvalue weighted by atomic mass is 19.1. The number of alkyl halides is 1. The van der Waals surface area contributed by atoms with Gasteiger partial charge in [0.1, 0.15) is 17.8 Å². The lowest BCUT2D eigenvalue weighted by atomic mass is 9.88. The van der Waals surface area contributed by atoms with Crippen LogP contribution in [0.1, 0.15) is 44.0 Å². The Labute approximate surface area is 184 Å². The molecule has 3 aromatic rings. The lowest BCUT2D eigenvalue weighted by Crippen LogP contribution is -2.36. The number of halogens is 3. The fourth-order valence-corrected chi connectivity index (χ4v) is 4.09.